The van der Waals surface area contributed by atoms with E-state index in [0.29, 0.717) is 27.7 Å². The van der Waals surface area contributed by atoms with E-state index in [2.05, 4.69) is 25.5 Å². The lowest BCUT2D eigenvalue weighted by Crippen LogP contribution is -2.23. The highest BCUT2D eigenvalue weighted by Gasteiger charge is 2.20. The fourth-order valence-corrected chi connectivity index (χ4v) is 3.54. The van der Waals surface area contributed by atoms with Gasteiger partial charge in [-0.25, -0.2) is 14.6 Å². The van der Waals surface area contributed by atoms with E-state index in [-0.39, 0.29) is 11.8 Å². The molecule has 0 aliphatic heterocycles. The molecular formula is C21H22ClN7O. The van der Waals surface area contributed by atoms with Gasteiger partial charge in [-0.1, -0.05) is 25.4 Å². The summed E-state index contributed by atoms with van der Waals surface area (Å²) in [5.41, 5.74) is 2.23. The van der Waals surface area contributed by atoms with E-state index < -0.39 is 0 Å². The van der Waals surface area contributed by atoms with Crippen LogP contribution in [-0.4, -0.2) is 35.4 Å². The monoisotopic (exact) mass is 423 g/mol. The lowest BCUT2D eigenvalue weighted by Gasteiger charge is -2.13. The Morgan fingerprint density at radius 3 is 2.57 bits per heavy atom. The second kappa shape index (κ2) is 8.23. The molecule has 30 heavy (non-hydrogen) atoms. The van der Waals surface area contributed by atoms with Gasteiger partial charge in [-0.2, -0.15) is 14.9 Å². The summed E-state index contributed by atoms with van der Waals surface area (Å²) in [5, 5.41) is 13.4. The molecule has 4 aromatic rings. The molecule has 0 aliphatic carbocycles. The maximum absolute atomic E-state index is 12.6. The van der Waals surface area contributed by atoms with E-state index in [4.69, 9.17) is 11.6 Å². The maximum Gasteiger partial charge on any atom is 0.228 e. The topological polar surface area (TPSA) is 90.5 Å². The average molecular weight is 424 g/mol. The number of fused-ring (bicyclic) bond motifs is 1. The Morgan fingerprint density at radius 2 is 1.87 bits per heavy atom. The van der Waals surface area contributed by atoms with Gasteiger partial charge in [0.1, 0.15) is 12.1 Å². The minimum absolute atomic E-state index is 0.0247. The molecule has 4 rings (SSSR count). The first-order chi connectivity index (χ1) is 14.5. The van der Waals surface area contributed by atoms with Gasteiger partial charge in [0.25, 0.3) is 0 Å². The van der Waals surface area contributed by atoms with Gasteiger partial charge in [-0.05, 0) is 44.0 Å². The number of halogens is 1. The number of amides is 1. The van der Waals surface area contributed by atoms with Gasteiger partial charge in [0, 0.05) is 17.0 Å². The van der Waals surface area contributed by atoms with Gasteiger partial charge in [0.15, 0.2) is 11.5 Å². The standard InChI is InChI=1S/C21H22ClN7O/c1-4-14(5-2)21(30)26-18-10-13(3)27-29(18)20-17-11-25-28(19(17)23-12-24-20)16-8-6-15(22)7-9-16/h6-12,14H,4-5H2,1-3H3,(H,26,30). The molecule has 3 heterocycles. The second-order valence-electron chi connectivity index (χ2n) is 7.05. The molecule has 0 saturated carbocycles. The predicted molar refractivity (Wildman–Crippen MR) is 116 cm³/mol. The van der Waals surface area contributed by atoms with Crippen LogP contribution in [0.15, 0.2) is 42.9 Å². The van der Waals surface area contributed by atoms with E-state index >= 15 is 0 Å². The highest BCUT2D eigenvalue weighted by molar-refractivity contribution is 6.30. The summed E-state index contributed by atoms with van der Waals surface area (Å²) in [5.74, 6) is 1.05. The van der Waals surface area contributed by atoms with Gasteiger partial charge < -0.3 is 5.32 Å². The molecular weight excluding hydrogens is 402 g/mol. The van der Waals surface area contributed by atoms with Gasteiger partial charge in [-0.15, -0.1) is 0 Å². The number of benzene rings is 1. The number of carbonyl (C=O) groups excluding carboxylic acids is 1. The van der Waals surface area contributed by atoms with Crippen LogP contribution in [0.2, 0.25) is 5.02 Å². The zero-order valence-electron chi connectivity index (χ0n) is 17.0. The molecule has 3 aromatic heterocycles. The Bertz CT molecular complexity index is 1190. The van der Waals surface area contributed by atoms with Crippen LogP contribution in [0.3, 0.4) is 0 Å². The van der Waals surface area contributed by atoms with Crippen molar-refractivity contribution in [3.63, 3.8) is 0 Å². The van der Waals surface area contributed by atoms with Crippen molar-refractivity contribution in [2.75, 3.05) is 5.32 Å². The third-order valence-corrected chi connectivity index (χ3v) is 5.31. The summed E-state index contributed by atoms with van der Waals surface area (Å²) in [6.45, 7) is 5.89. The van der Waals surface area contributed by atoms with Crippen LogP contribution in [0.4, 0.5) is 5.82 Å². The number of rotatable bonds is 6. The molecule has 1 aromatic carbocycles. The fourth-order valence-electron chi connectivity index (χ4n) is 3.41. The number of hydrogen-bond acceptors (Lipinski definition) is 5. The first-order valence-corrected chi connectivity index (χ1v) is 10.2. The molecule has 8 nitrogen and oxygen atoms in total. The van der Waals surface area contributed by atoms with Crippen molar-refractivity contribution in [1.29, 1.82) is 0 Å². The second-order valence-corrected chi connectivity index (χ2v) is 7.49. The maximum atomic E-state index is 12.6. The van der Waals surface area contributed by atoms with Crippen LogP contribution in [0.5, 0.6) is 0 Å². The average Bonchev–Trinajstić information content (AvgIpc) is 3.33. The van der Waals surface area contributed by atoms with Crippen LogP contribution < -0.4 is 5.32 Å². The van der Waals surface area contributed by atoms with Gasteiger partial charge in [0.2, 0.25) is 5.91 Å². The summed E-state index contributed by atoms with van der Waals surface area (Å²) < 4.78 is 3.35. The van der Waals surface area contributed by atoms with Crippen LogP contribution >= 0.6 is 11.6 Å². The van der Waals surface area contributed by atoms with Gasteiger partial charge in [0.05, 0.1) is 23.0 Å². The summed E-state index contributed by atoms with van der Waals surface area (Å²) >= 11 is 6.00. The van der Waals surface area contributed by atoms with Crippen molar-refractivity contribution >= 4 is 34.4 Å². The zero-order valence-corrected chi connectivity index (χ0v) is 17.8. The Balaban J connectivity index is 1.78. The lowest BCUT2D eigenvalue weighted by molar-refractivity contribution is -0.120. The molecule has 0 saturated heterocycles. The van der Waals surface area contributed by atoms with E-state index in [1.165, 1.54) is 6.33 Å². The van der Waals surface area contributed by atoms with Gasteiger partial charge >= 0.3 is 0 Å². The summed E-state index contributed by atoms with van der Waals surface area (Å²) in [6, 6.07) is 9.17. The number of hydrogen-bond donors (Lipinski definition) is 1. The Kier molecular flexibility index (Phi) is 5.50. The zero-order chi connectivity index (χ0) is 21.3. The van der Waals surface area contributed by atoms with Crippen molar-refractivity contribution in [1.82, 2.24) is 29.5 Å². The first-order valence-electron chi connectivity index (χ1n) is 9.84. The van der Waals surface area contributed by atoms with Crippen LogP contribution in [0, 0.1) is 12.8 Å². The van der Waals surface area contributed by atoms with Crippen LogP contribution in [0.25, 0.3) is 22.5 Å². The number of nitrogens with one attached hydrogen (secondary N) is 1. The van der Waals surface area contributed by atoms with Crippen LogP contribution in [-0.2, 0) is 4.79 Å². The number of nitrogens with zero attached hydrogens (tertiary/aromatic N) is 6. The molecule has 1 amide bonds. The van der Waals surface area contributed by atoms with E-state index in [0.717, 1.165) is 24.2 Å². The third kappa shape index (κ3) is 3.66. The first kappa shape index (κ1) is 20.0. The molecule has 0 atom stereocenters. The molecule has 0 spiro atoms. The number of anilines is 1. The largest absolute Gasteiger partial charge is 0.310 e. The molecule has 1 N–H and O–H groups in total. The lowest BCUT2D eigenvalue weighted by atomic mass is 10.0. The summed E-state index contributed by atoms with van der Waals surface area (Å²) in [4.78, 5) is 21.5. The quantitative estimate of drug-likeness (QED) is 0.498. The smallest absolute Gasteiger partial charge is 0.228 e. The van der Waals surface area contributed by atoms with E-state index in [9.17, 15) is 4.79 Å². The molecule has 0 fully saturated rings. The SMILES string of the molecule is CCC(CC)C(=O)Nc1cc(C)nn1-c1ncnc2c1cnn2-c1ccc(Cl)cc1. The molecule has 0 bridgehead atoms. The number of carbonyl (C=O) groups is 1. The molecule has 154 valence electrons. The number of aromatic nitrogens is 6. The summed E-state index contributed by atoms with van der Waals surface area (Å²) in [6.07, 6.45) is 4.72. The summed E-state index contributed by atoms with van der Waals surface area (Å²) in [7, 11) is 0. The number of aryl methyl sites for hydroxylation is 1. The predicted octanol–water partition coefficient (Wildman–Crippen LogP) is 4.34. The highest BCUT2D eigenvalue weighted by atomic mass is 35.5. The minimum atomic E-state index is -0.0493. The molecule has 0 unspecified atom stereocenters. The Morgan fingerprint density at radius 1 is 1.13 bits per heavy atom. The normalized spacial score (nSPS) is 11.4. The van der Waals surface area contributed by atoms with E-state index in [1.807, 2.05) is 39.0 Å². The van der Waals surface area contributed by atoms with Gasteiger partial charge in [-0.3, -0.25) is 4.79 Å². The van der Waals surface area contributed by atoms with Crippen molar-refractivity contribution in [2.45, 2.75) is 33.6 Å². The Hall–Kier alpha value is -3.26. The van der Waals surface area contributed by atoms with Crippen LogP contribution in [0.1, 0.15) is 32.4 Å². The minimum Gasteiger partial charge on any atom is -0.310 e. The van der Waals surface area contributed by atoms with Crippen molar-refractivity contribution < 1.29 is 4.79 Å². The third-order valence-electron chi connectivity index (χ3n) is 5.06. The van der Waals surface area contributed by atoms with E-state index in [1.54, 1.807) is 27.7 Å². The molecule has 9 heteroatoms. The van der Waals surface area contributed by atoms with Crippen molar-refractivity contribution in [2.24, 2.45) is 5.92 Å². The highest BCUT2D eigenvalue weighted by Crippen LogP contribution is 2.25. The Labute approximate surface area is 178 Å². The fraction of sp³-hybridized carbons (Fsp3) is 0.286. The molecule has 0 radical (unpaired) electrons. The van der Waals surface area contributed by atoms with Crippen molar-refractivity contribution in [3.8, 4) is 11.5 Å². The molecule has 0 aliphatic rings. The van der Waals surface area contributed by atoms with Crippen molar-refractivity contribution in [3.05, 3.63) is 53.6 Å².